The fraction of sp³-hybridized carbons (Fsp3) is 0.667. The van der Waals surface area contributed by atoms with E-state index < -0.39 is 10.4 Å². The number of rotatable bonds is 6. The second-order valence-electron chi connectivity index (χ2n) is 11.7. The van der Waals surface area contributed by atoms with Gasteiger partial charge in [0.25, 0.3) is 0 Å². The topological polar surface area (TPSA) is 20.2 Å². The third kappa shape index (κ3) is 5.59. The van der Waals surface area contributed by atoms with E-state index in [9.17, 15) is 5.11 Å². The van der Waals surface area contributed by atoms with Crippen molar-refractivity contribution in [1.29, 1.82) is 0 Å². The van der Waals surface area contributed by atoms with Gasteiger partial charge in [0.15, 0.2) is 0 Å². The van der Waals surface area contributed by atoms with Gasteiger partial charge in [-0.05, 0) is 85.0 Å². The standard InChI is InChI=1S/C23H32O.C5H8B4S.C2H2/c1-16-10-11-21-19(8-6-14-24)15-18-7-4-5-9-20(18)23(21)13-12-22(23,3)17(16)2;1-4(6,7)5(8,9)2-3-10;1-2/h4-5,7,9,16,19,21,24H,2,6,8,10-15H2,1,3H3;10H,2-3H2,1H3;1-2H. The third-order valence-electron chi connectivity index (χ3n) is 9.66. The lowest BCUT2D eigenvalue weighted by molar-refractivity contribution is -0.0425. The number of aliphatic hydroxyl groups excluding tert-OH is 1. The normalized spacial score (nSPS) is 31.0. The Bertz CT molecular complexity index is 908. The Kier molecular flexibility index (Phi) is 10.7. The van der Waals surface area contributed by atoms with Crippen molar-refractivity contribution >= 4 is 44.0 Å². The summed E-state index contributed by atoms with van der Waals surface area (Å²) in [6, 6.07) is 9.24. The molecule has 5 atom stereocenters. The summed E-state index contributed by atoms with van der Waals surface area (Å²) in [5.41, 5.74) is 5.30. The average molecular weight is 494 g/mol. The largest absolute Gasteiger partial charge is 0.396 e. The Morgan fingerprint density at radius 3 is 2.28 bits per heavy atom. The molecule has 1 N–H and O–H groups in total. The fourth-order valence-corrected chi connectivity index (χ4v) is 7.51. The van der Waals surface area contributed by atoms with Crippen LogP contribution in [0.2, 0.25) is 10.4 Å². The molecule has 0 aliphatic heterocycles. The van der Waals surface area contributed by atoms with E-state index in [0.717, 1.165) is 18.3 Å². The first-order valence-corrected chi connectivity index (χ1v) is 14.0. The zero-order chi connectivity index (χ0) is 27.4. The molecule has 0 heterocycles. The highest BCUT2D eigenvalue weighted by Crippen LogP contribution is 2.71. The van der Waals surface area contributed by atoms with Gasteiger partial charge in [-0.15, -0.1) is 23.3 Å². The maximum atomic E-state index is 9.39. The first kappa shape index (κ1) is 31.3. The van der Waals surface area contributed by atoms with Gasteiger partial charge in [-0.2, -0.15) is 12.6 Å². The van der Waals surface area contributed by atoms with E-state index in [2.05, 4.69) is 70.2 Å². The van der Waals surface area contributed by atoms with Gasteiger partial charge in [-0.25, -0.2) is 0 Å². The fourth-order valence-electron chi connectivity index (χ4n) is 7.14. The number of allylic oxidation sites excluding steroid dienone is 1. The Hall–Kier alpha value is -0.910. The van der Waals surface area contributed by atoms with Crippen molar-refractivity contribution < 1.29 is 5.11 Å². The van der Waals surface area contributed by atoms with E-state index in [-0.39, 0.29) is 5.41 Å². The molecule has 0 saturated heterocycles. The summed E-state index contributed by atoms with van der Waals surface area (Å²) in [6.45, 7) is 11.4. The molecule has 2 fully saturated rings. The van der Waals surface area contributed by atoms with Crippen molar-refractivity contribution in [3.63, 3.8) is 0 Å². The summed E-state index contributed by atoms with van der Waals surface area (Å²) in [5.74, 6) is 2.71. The molecule has 1 aromatic carbocycles. The minimum absolute atomic E-state index is 0.265. The molecule has 8 radical (unpaired) electrons. The molecular weight excluding hydrogens is 452 g/mol. The van der Waals surface area contributed by atoms with Gasteiger partial charge >= 0.3 is 0 Å². The molecule has 36 heavy (non-hydrogen) atoms. The van der Waals surface area contributed by atoms with Gasteiger partial charge in [-0.1, -0.05) is 63.6 Å². The van der Waals surface area contributed by atoms with E-state index >= 15 is 0 Å². The molecule has 2 saturated carbocycles. The quantitative estimate of drug-likeness (QED) is 0.224. The van der Waals surface area contributed by atoms with Crippen LogP contribution in [0.1, 0.15) is 76.8 Å². The number of hydrogen-bond donors (Lipinski definition) is 2. The predicted molar refractivity (Wildman–Crippen MR) is 162 cm³/mol. The SMILES string of the molecule is C#C.C=C1C(C)CCC2C(CCCO)Cc3ccccc3C23CCC13C.[B]C([B])(C)C([B])([B])CCS. The van der Waals surface area contributed by atoms with Crippen LogP contribution < -0.4 is 0 Å². The van der Waals surface area contributed by atoms with Crippen molar-refractivity contribution in [2.45, 2.75) is 88.0 Å². The van der Waals surface area contributed by atoms with Gasteiger partial charge in [0, 0.05) is 12.0 Å². The number of hydrogen-bond acceptors (Lipinski definition) is 2. The van der Waals surface area contributed by atoms with Crippen LogP contribution in [0.5, 0.6) is 0 Å². The molecule has 3 aliphatic carbocycles. The van der Waals surface area contributed by atoms with Crippen LogP contribution in [-0.4, -0.2) is 48.9 Å². The molecule has 0 aromatic heterocycles. The van der Waals surface area contributed by atoms with Crippen molar-refractivity contribution in [3.8, 4) is 12.8 Å². The second-order valence-corrected chi connectivity index (χ2v) is 12.1. The summed E-state index contributed by atoms with van der Waals surface area (Å²) >= 11 is 3.97. The average Bonchev–Trinajstić information content (AvgIpc) is 2.89. The van der Waals surface area contributed by atoms with Crippen molar-refractivity contribution in [3.05, 3.63) is 47.5 Å². The molecule has 4 rings (SSSR count). The smallest absolute Gasteiger partial charge is 0.0608 e. The van der Waals surface area contributed by atoms with Crippen LogP contribution in [0.4, 0.5) is 0 Å². The summed E-state index contributed by atoms with van der Waals surface area (Å²) < 4.78 is 0. The summed E-state index contributed by atoms with van der Waals surface area (Å²) in [6.07, 6.45) is 17.1. The number of terminal acetylenes is 1. The van der Waals surface area contributed by atoms with Crippen LogP contribution in [0.25, 0.3) is 0 Å². The van der Waals surface area contributed by atoms with Gasteiger partial charge in [0.2, 0.25) is 0 Å². The predicted octanol–water partition coefficient (Wildman–Crippen LogP) is 5.75. The Morgan fingerprint density at radius 1 is 1.14 bits per heavy atom. The van der Waals surface area contributed by atoms with E-state index in [0.29, 0.717) is 30.1 Å². The lowest BCUT2D eigenvalue weighted by Crippen LogP contribution is -2.61. The van der Waals surface area contributed by atoms with E-state index in [1.54, 1.807) is 18.1 Å². The third-order valence-corrected chi connectivity index (χ3v) is 9.89. The molecule has 6 heteroatoms. The van der Waals surface area contributed by atoms with Gasteiger partial charge in [-0.3, -0.25) is 0 Å². The van der Waals surface area contributed by atoms with Crippen LogP contribution in [0.15, 0.2) is 36.4 Å². The van der Waals surface area contributed by atoms with E-state index in [1.807, 2.05) is 0 Å². The minimum Gasteiger partial charge on any atom is -0.396 e. The van der Waals surface area contributed by atoms with E-state index in [4.69, 9.17) is 31.4 Å². The van der Waals surface area contributed by atoms with Gasteiger partial charge in [0.05, 0.1) is 31.4 Å². The molecule has 3 aliphatic rings. The molecule has 1 aromatic rings. The monoisotopic (exact) mass is 494 g/mol. The van der Waals surface area contributed by atoms with Crippen molar-refractivity contribution in [2.24, 2.45) is 23.2 Å². The molecule has 186 valence electrons. The van der Waals surface area contributed by atoms with Crippen molar-refractivity contribution in [2.75, 3.05) is 12.4 Å². The molecule has 1 nitrogen and oxygen atoms in total. The number of aliphatic hydroxyl groups is 1. The van der Waals surface area contributed by atoms with Crippen molar-refractivity contribution in [1.82, 2.24) is 0 Å². The molecule has 5 unspecified atom stereocenters. The minimum atomic E-state index is -1.05. The first-order valence-electron chi connectivity index (χ1n) is 13.3. The summed E-state index contributed by atoms with van der Waals surface area (Å²) in [4.78, 5) is 0. The lowest BCUT2D eigenvalue weighted by Gasteiger charge is -2.66. The van der Waals surface area contributed by atoms with Gasteiger partial charge < -0.3 is 5.11 Å². The first-order chi connectivity index (χ1) is 16.9. The highest BCUT2D eigenvalue weighted by molar-refractivity contribution is 7.80. The molecule has 0 amide bonds. The molecule has 1 spiro atoms. The lowest BCUT2D eigenvalue weighted by atomic mass is 9.30. The van der Waals surface area contributed by atoms with Gasteiger partial charge in [0.1, 0.15) is 0 Å². The van der Waals surface area contributed by atoms with Crippen LogP contribution in [0.3, 0.4) is 0 Å². The van der Waals surface area contributed by atoms with Crippen LogP contribution in [-0.2, 0) is 11.8 Å². The second kappa shape index (κ2) is 12.3. The molecule has 0 bridgehead atoms. The zero-order valence-corrected chi connectivity index (χ0v) is 23.6. The Balaban J connectivity index is 0.000000324. The summed E-state index contributed by atoms with van der Waals surface area (Å²) in [5, 5.41) is 7.32. The van der Waals surface area contributed by atoms with Crippen LogP contribution in [0, 0.1) is 36.0 Å². The number of benzene rings is 1. The van der Waals surface area contributed by atoms with Crippen LogP contribution >= 0.6 is 12.6 Å². The summed E-state index contributed by atoms with van der Waals surface area (Å²) in [7, 11) is 22.2. The number of thiol groups is 1. The number of fused-ring (bicyclic) bond motifs is 1. The zero-order valence-electron chi connectivity index (χ0n) is 22.7. The highest BCUT2D eigenvalue weighted by atomic mass is 32.1. The molecular formula is C30H42B4OS. The Morgan fingerprint density at radius 2 is 1.78 bits per heavy atom. The van der Waals surface area contributed by atoms with E-state index in [1.165, 1.54) is 44.1 Å². The Labute approximate surface area is 232 Å². The maximum absolute atomic E-state index is 9.39. The highest BCUT2D eigenvalue weighted by Gasteiger charge is 2.65. The maximum Gasteiger partial charge on any atom is 0.0608 e.